The van der Waals surface area contributed by atoms with E-state index in [9.17, 15) is 13.5 Å². The number of aliphatic hydroxyl groups is 1. The summed E-state index contributed by atoms with van der Waals surface area (Å²) in [4.78, 5) is 0.247. The number of halogens is 1. The number of hydrogen-bond acceptors (Lipinski definition) is 6. The summed E-state index contributed by atoms with van der Waals surface area (Å²) in [6.45, 7) is 6.43. The number of fused-ring (bicyclic) bond motifs is 1. The standard InChI is InChI=1S/C27H37IO6S/c1-3-4-12-27(2)20-35(30,31)24-19-22(34-18-17-33-16-15-32-14-13-28)10-11-23(24)25(26(27)29)21-8-6-5-7-9-21/h5-11,19,25-26,29H,3-4,12-18,20H2,1-2H3/t25-,26-,27-/m1/s1. The van der Waals surface area contributed by atoms with Gasteiger partial charge in [-0.2, -0.15) is 0 Å². The molecule has 0 spiro atoms. The lowest BCUT2D eigenvalue weighted by Gasteiger charge is -2.37. The topological polar surface area (TPSA) is 82.1 Å². The molecule has 1 aliphatic rings. The molecule has 0 bridgehead atoms. The van der Waals surface area contributed by atoms with Crippen LogP contribution in [0.4, 0.5) is 0 Å². The number of hydrogen-bond donors (Lipinski definition) is 1. The van der Waals surface area contributed by atoms with Crippen molar-refractivity contribution in [3.63, 3.8) is 0 Å². The maximum absolute atomic E-state index is 13.6. The highest BCUT2D eigenvalue weighted by Gasteiger charge is 2.47. The van der Waals surface area contributed by atoms with Crippen molar-refractivity contribution in [1.29, 1.82) is 0 Å². The van der Waals surface area contributed by atoms with Crippen molar-refractivity contribution < 1.29 is 27.7 Å². The van der Waals surface area contributed by atoms with E-state index in [4.69, 9.17) is 14.2 Å². The first kappa shape index (κ1) is 28.4. The maximum atomic E-state index is 13.6. The Kier molecular flexibility index (Phi) is 10.8. The Labute approximate surface area is 223 Å². The molecule has 3 rings (SSSR count). The van der Waals surface area contributed by atoms with Crippen LogP contribution in [0.5, 0.6) is 5.75 Å². The van der Waals surface area contributed by atoms with E-state index in [2.05, 4.69) is 29.5 Å². The van der Waals surface area contributed by atoms with Gasteiger partial charge in [-0.05, 0) is 29.7 Å². The van der Waals surface area contributed by atoms with Gasteiger partial charge in [-0.3, -0.25) is 0 Å². The molecule has 0 aromatic heterocycles. The summed E-state index contributed by atoms with van der Waals surface area (Å²) in [5.41, 5.74) is 0.774. The number of alkyl halides is 1. The van der Waals surface area contributed by atoms with Crippen molar-refractivity contribution in [2.24, 2.45) is 5.41 Å². The summed E-state index contributed by atoms with van der Waals surface area (Å²) >= 11 is 2.26. The second kappa shape index (κ2) is 13.4. The Hall–Kier alpha value is -1.20. The molecule has 0 aliphatic carbocycles. The van der Waals surface area contributed by atoms with Gasteiger partial charge >= 0.3 is 0 Å². The normalized spacial score (nSPS) is 23.4. The molecule has 1 heterocycles. The summed E-state index contributed by atoms with van der Waals surface area (Å²) in [5.74, 6) is -0.0535. The van der Waals surface area contributed by atoms with Crippen LogP contribution in [0, 0.1) is 5.41 Å². The fraction of sp³-hybridized carbons (Fsp3) is 0.556. The minimum atomic E-state index is -3.65. The molecule has 6 nitrogen and oxygen atoms in total. The summed E-state index contributed by atoms with van der Waals surface area (Å²) < 4.78 is 45.0. The Morgan fingerprint density at radius 2 is 1.71 bits per heavy atom. The minimum absolute atomic E-state index is 0.0959. The van der Waals surface area contributed by atoms with Gasteiger partial charge in [-0.15, -0.1) is 0 Å². The molecule has 1 N–H and O–H groups in total. The van der Waals surface area contributed by atoms with Gasteiger partial charge in [0, 0.05) is 15.8 Å². The van der Waals surface area contributed by atoms with Crippen molar-refractivity contribution in [3.8, 4) is 5.75 Å². The number of rotatable bonds is 13. The van der Waals surface area contributed by atoms with Crippen molar-refractivity contribution in [2.75, 3.05) is 43.2 Å². The third-order valence-corrected chi connectivity index (χ3v) is 9.06. The summed E-state index contributed by atoms with van der Waals surface area (Å²) in [5, 5.41) is 11.7. The van der Waals surface area contributed by atoms with Gasteiger partial charge in [0.2, 0.25) is 0 Å². The summed E-state index contributed by atoms with van der Waals surface area (Å²) in [6, 6.07) is 14.9. The number of ether oxygens (including phenoxy) is 3. The van der Waals surface area contributed by atoms with Crippen LogP contribution in [0.2, 0.25) is 0 Å². The maximum Gasteiger partial charge on any atom is 0.179 e. The third kappa shape index (κ3) is 7.41. The fourth-order valence-electron chi connectivity index (χ4n) is 4.72. The molecule has 2 aromatic carbocycles. The predicted octanol–water partition coefficient (Wildman–Crippen LogP) is 5.01. The lowest BCUT2D eigenvalue weighted by molar-refractivity contribution is 0.0328. The number of unbranched alkanes of at least 4 members (excludes halogenated alkanes) is 1. The minimum Gasteiger partial charge on any atom is -0.491 e. The fourth-order valence-corrected chi connectivity index (χ4v) is 7.22. The first-order chi connectivity index (χ1) is 16.8. The van der Waals surface area contributed by atoms with Crippen molar-refractivity contribution >= 4 is 32.4 Å². The first-order valence-electron chi connectivity index (χ1n) is 12.3. The molecule has 0 radical (unpaired) electrons. The van der Waals surface area contributed by atoms with Crippen LogP contribution < -0.4 is 4.74 Å². The smallest absolute Gasteiger partial charge is 0.179 e. The Bertz CT molecular complexity index is 1030. The molecular weight excluding hydrogens is 579 g/mol. The van der Waals surface area contributed by atoms with Crippen LogP contribution in [-0.2, 0) is 19.3 Å². The SMILES string of the molecule is CCCC[C@]1(C)CS(=O)(=O)c2cc(OCCOCCOCCI)ccc2[C@@H](c2ccccc2)[C@H]1O. The summed E-state index contributed by atoms with van der Waals surface area (Å²) in [6.07, 6.45) is 1.61. The molecular formula is C27H37IO6S. The van der Waals surface area contributed by atoms with Gasteiger partial charge in [0.1, 0.15) is 12.4 Å². The first-order valence-corrected chi connectivity index (χ1v) is 15.4. The summed E-state index contributed by atoms with van der Waals surface area (Å²) in [7, 11) is -3.65. The third-order valence-electron chi connectivity index (χ3n) is 6.55. The monoisotopic (exact) mass is 616 g/mol. The Balaban J connectivity index is 1.85. The van der Waals surface area contributed by atoms with Gasteiger partial charge in [0.05, 0.1) is 43.2 Å². The molecule has 0 unspecified atom stereocenters. The average molecular weight is 617 g/mol. The molecule has 2 aromatic rings. The average Bonchev–Trinajstić information content (AvgIpc) is 2.91. The zero-order valence-electron chi connectivity index (χ0n) is 20.6. The molecule has 0 saturated carbocycles. The number of benzene rings is 2. The predicted molar refractivity (Wildman–Crippen MR) is 146 cm³/mol. The van der Waals surface area contributed by atoms with Gasteiger partial charge in [-0.1, -0.05) is 85.7 Å². The zero-order valence-corrected chi connectivity index (χ0v) is 23.6. The van der Waals surface area contributed by atoms with Crippen LogP contribution in [0.3, 0.4) is 0 Å². The van der Waals surface area contributed by atoms with Gasteiger partial charge < -0.3 is 19.3 Å². The van der Waals surface area contributed by atoms with E-state index in [1.807, 2.05) is 37.3 Å². The molecule has 0 amide bonds. The van der Waals surface area contributed by atoms with Gasteiger partial charge in [-0.25, -0.2) is 8.42 Å². The van der Waals surface area contributed by atoms with Crippen molar-refractivity contribution in [3.05, 3.63) is 59.7 Å². The van der Waals surface area contributed by atoms with Crippen LogP contribution in [0.25, 0.3) is 0 Å². The van der Waals surface area contributed by atoms with E-state index >= 15 is 0 Å². The quantitative estimate of drug-likeness (QED) is 0.194. The molecule has 0 saturated heterocycles. The zero-order chi connectivity index (χ0) is 25.3. The second-order valence-corrected chi connectivity index (χ2v) is 12.3. The van der Waals surface area contributed by atoms with Crippen LogP contribution in [0.15, 0.2) is 53.4 Å². The van der Waals surface area contributed by atoms with E-state index in [0.29, 0.717) is 50.8 Å². The number of aliphatic hydroxyl groups excluding tert-OH is 1. The molecule has 3 atom stereocenters. The van der Waals surface area contributed by atoms with E-state index in [0.717, 1.165) is 22.8 Å². The van der Waals surface area contributed by atoms with E-state index in [1.54, 1.807) is 18.2 Å². The molecule has 35 heavy (non-hydrogen) atoms. The van der Waals surface area contributed by atoms with E-state index in [-0.39, 0.29) is 10.6 Å². The highest BCUT2D eigenvalue weighted by molar-refractivity contribution is 14.1. The van der Waals surface area contributed by atoms with Gasteiger partial charge in [0.15, 0.2) is 9.84 Å². The van der Waals surface area contributed by atoms with Crippen molar-refractivity contribution in [2.45, 2.75) is 50.0 Å². The largest absolute Gasteiger partial charge is 0.491 e. The molecule has 0 fully saturated rings. The van der Waals surface area contributed by atoms with Crippen LogP contribution in [-0.4, -0.2) is 62.8 Å². The van der Waals surface area contributed by atoms with Crippen LogP contribution in [0.1, 0.15) is 50.2 Å². The lowest BCUT2D eigenvalue weighted by Crippen LogP contribution is -2.40. The highest BCUT2D eigenvalue weighted by atomic mass is 127. The van der Waals surface area contributed by atoms with Crippen molar-refractivity contribution in [1.82, 2.24) is 0 Å². The lowest BCUT2D eigenvalue weighted by atomic mass is 9.72. The van der Waals surface area contributed by atoms with E-state index < -0.39 is 27.3 Å². The highest BCUT2D eigenvalue weighted by Crippen LogP contribution is 2.47. The molecule has 194 valence electrons. The van der Waals surface area contributed by atoms with Crippen LogP contribution >= 0.6 is 22.6 Å². The Morgan fingerprint density at radius 1 is 1.03 bits per heavy atom. The van der Waals surface area contributed by atoms with Gasteiger partial charge in [0.25, 0.3) is 0 Å². The Morgan fingerprint density at radius 3 is 2.40 bits per heavy atom. The molecule has 8 heteroatoms. The number of sulfone groups is 1. The molecule has 1 aliphatic heterocycles. The van der Waals surface area contributed by atoms with E-state index in [1.165, 1.54) is 0 Å². The second-order valence-electron chi connectivity index (χ2n) is 9.31.